The first-order valence-electron chi connectivity index (χ1n) is 13.0. The lowest BCUT2D eigenvalue weighted by Crippen LogP contribution is -2.30. The number of thioether (sulfide) groups is 1. The van der Waals surface area contributed by atoms with Crippen molar-refractivity contribution in [3.63, 3.8) is 0 Å². The molecule has 0 saturated carbocycles. The average molecular weight is 645 g/mol. The number of fused-ring (bicyclic) bond motifs is 1. The van der Waals surface area contributed by atoms with Crippen molar-refractivity contribution < 1.29 is 23.9 Å². The predicted molar refractivity (Wildman–Crippen MR) is 168 cm³/mol. The fraction of sp³-hybridized carbons (Fsp3) is 0.0938. The molecule has 0 spiro atoms. The van der Waals surface area contributed by atoms with Crippen LogP contribution in [0.3, 0.4) is 0 Å². The van der Waals surface area contributed by atoms with Crippen LogP contribution in [0.1, 0.15) is 15.9 Å². The van der Waals surface area contributed by atoms with Crippen LogP contribution in [0.4, 0.5) is 11.4 Å². The standard InChI is InChI=1S/C32H26BrN3O5S/c33-23-9-4-6-21(16-23)17-27(36-31(38)22-7-2-1-3-8-22)32(39)35-24-10-5-11-26(18-24)42-20-30(37)34-25-12-13-28-29(19-25)41-15-14-40-28/h1-13,16-19H,14-15,20H2,(H,34,37)(H,35,39)(H,36,38)/b27-17+. The lowest BCUT2D eigenvalue weighted by molar-refractivity contribution is -0.114. The number of halogens is 1. The molecule has 4 aromatic carbocycles. The first kappa shape index (κ1) is 29.0. The van der Waals surface area contributed by atoms with E-state index in [9.17, 15) is 14.4 Å². The van der Waals surface area contributed by atoms with Crippen LogP contribution >= 0.6 is 27.7 Å². The number of ether oxygens (including phenoxy) is 2. The van der Waals surface area contributed by atoms with Crippen LogP contribution < -0.4 is 25.4 Å². The van der Waals surface area contributed by atoms with Gasteiger partial charge in [0.05, 0.1) is 5.75 Å². The number of anilines is 2. The van der Waals surface area contributed by atoms with Gasteiger partial charge in [-0.05, 0) is 66.2 Å². The van der Waals surface area contributed by atoms with E-state index in [1.54, 1.807) is 66.7 Å². The van der Waals surface area contributed by atoms with Crippen molar-refractivity contribution in [2.45, 2.75) is 4.90 Å². The maximum Gasteiger partial charge on any atom is 0.272 e. The second-order valence-electron chi connectivity index (χ2n) is 9.11. The van der Waals surface area contributed by atoms with E-state index in [-0.39, 0.29) is 17.4 Å². The summed E-state index contributed by atoms with van der Waals surface area (Å²) >= 11 is 4.77. The van der Waals surface area contributed by atoms with E-state index in [1.807, 2.05) is 36.4 Å². The van der Waals surface area contributed by atoms with Crippen molar-refractivity contribution in [2.24, 2.45) is 0 Å². The zero-order valence-corrected chi connectivity index (χ0v) is 24.7. The highest BCUT2D eigenvalue weighted by Crippen LogP contribution is 2.32. The molecule has 212 valence electrons. The molecule has 0 aliphatic carbocycles. The molecule has 1 aliphatic heterocycles. The molecule has 1 aliphatic rings. The fourth-order valence-corrected chi connectivity index (χ4v) is 5.21. The largest absolute Gasteiger partial charge is 0.486 e. The molecule has 3 N–H and O–H groups in total. The van der Waals surface area contributed by atoms with Crippen LogP contribution in [-0.2, 0) is 9.59 Å². The monoisotopic (exact) mass is 643 g/mol. The van der Waals surface area contributed by atoms with Gasteiger partial charge in [0, 0.05) is 32.4 Å². The van der Waals surface area contributed by atoms with E-state index in [4.69, 9.17) is 9.47 Å². The van der Waals surface area contributed by atoms with Crippen LogP contribution in [0, 0.1) is 0 Å². The minimum Gasteiger partial charge on any atom is -0.486 e. The van der Waals surface area contributed by atoms with E-state index in [1.165, 1.54) is 11.8 Å². The van der Waals surface area contributed by atoms with E-state index >= 15 is 0 Å². The van der Waals surface area contributed by atoms with E-state index in [0.717, 1.165) is 14.9 Å². The molecule has 4 aromatic rings. The molecule has 0 bridgehead atoms. The Labute approximate surface area is 255 Å². The zero-order valence-electron chi connectivity index (χ0n) is 22.3. The molecule has 0 radical (unpaired) electrons. The normalized spacial score (nSPS) is 12.3. The molecule has 1 heterocycles. The number of benzene rings is 4. The summed E-state index contributed by atoms with van der Waals surface area (Å²) in [6.07, 6.45) is 1.61. The van der Waals surface area contributed by atoms with Gasteiger partial charge in [0.15, 0.2) is 11.5 Å². The van der Waals surface area contributed by atoms with Crippen LogP contribution in [-0.4, -0.2) is 36.7 Å². The second-order valence-corrected chi connectivity index (χ2v) is 11.1. The van der Waals surface area contributed by atoms with Gasteiger partial charge in [0.1, 0.15) is 18.9 Å². The summed E-state index contributed by atoms with van der Waals surface area (Å²) in [7, 11) is 0. The molecule has 0 fully saturated rings. The van der Waals surface area contributed by atoms with Gasteiger partial charge in [-0.2, -0.15) is 0 Å². The van der Waals surface area contributed by atoms with Gasteiger partial charge in [-0.3, -0.25) is 14.4 Å². The maximum atomic E-state index is 13.4. The summed E-state index contributed by atoms with van der Waals surface area (Å²) in [4.78, 5) is 39.6. The van der Waals surface area contributed by atoms with Crippen LogP contribution in [0.5, 0.6) is 11.5 Å². The molecule has 5 rings (SSSR count). The number of carbonyl (C=O) groups excluding carboxylic acids is 3. The van der Waals surface area contributed by atoms with E-state index in [0.29, 0.717) is 41.7 Å². The Morgan fingerprint density at radius 2 is 1.55 bits per heavy atom. The third kappa shape index (κ3) is 8.02. The van der Waals surface area contributed by atoms with Gasteiger partial charge in [0.2, 0.25) is 5.91 Å². The van der Waals surface area contributed by atoms with E-state index < -0.39 is 11.8 Å². The average Bonchev–Trinajstić information content (AvgIpc) is 3.00. The Bertz CT molecular complexity index is 1640. The van der Waals surface area contributed by atoms with Gasteiger partial charge >= 0.3 is 0 Å². The summed E-state index contributed by atoms with van der Waals surface area (Å²) in [5.41, 5.74) is 2.38. The van der Waals surface area contributed by atoms with Gasteiger partial charge < -0.3 is 25.4 Å². The van der Waals surface area contributed by atoms with Gasteiger partial charge in [-0.25, -0.2) is 0 Å². The van der Waals surface area contributed by atoms with Crippen molar-refractivity contribution in [3.05, 3.63) is 118 Å². The molecule has 0 atom stereocenters. The Morgan fingerprint density at radius 1 is 0.786 bits per heavy atom. The molecule has 42 heavy (non-hydrogen) atoms. The van der Waals surface area contributed by atoms with Crippen molar-refractivity contribution in [1.29, 1.82) is 0 Å². The smallest absolute Gasteiger partial charge is 0.272 e. The third-order valence-electron chi connectivity index (χ3n) is 5.98. The molecule has 8 nitrogen and oxygen atoms in total. The lowest BCUT2D eigenvalue weighted by Gasteiger charge is -2.19. The van der Waals surface area contributed by atoms with Crippen LogP contribution in [0.25, 0.3) is 6.08 Å². The molecular formula is C32H26BrN3O5S. The van der Waals surface area contributed by atoms with Crippen molar-refractivity contribution >= 4 is 62.9 Å². The number of nitrogens with one attached hydrogen (secondary N) is 3. The van der Waals surface area contributed by atoms with Crippen molar-refractivity contribution in [3.8, 4) is 11.5 Å². The summed E-state index contributed by atoms with van der Waals surface area (Å²) in [6, 6.07) is 28.5. The SMILES string of the molecule is O=C(CSc1cccc(NC(=O)/C(=C\c2cccc(Br)c2)NC(=O)c2ccccc2)c1)Nc1ccc2c(c1)OCCO2. The van der Waals surface area contributed by atoms with Gasteiger partial charge in [-0.15, -0.1) is 11.8 Å². The quantitative estimate of drug-likeness (QED) is 0.145. The van der Waals surface area contributed by atoms with Gasteiger partial charge in [-0.1, -0.05) is 52.3 Å². The van der Waals surface area contributed by atoms with Crippen molar-refractivity contribution in [2.75, 3.05) is 29.6 Å². The van der Waals surface area contributed by atoms with E-state index in [2.05, 4.69) is 31.9 Å². The molecular weight excluding hydrogens is 618 g/mol. The Kier molecular flexibility index (Phi) is 9.58. The predicted octanol–water partition coefficient (Wildman–Crippen LogP) is 6.36. The molecule has 0 unspecified atom stereocenters. The molecule has 0 aromatic heterocycles. The Balaban J connectivity index is 1.24. The number of hydrogen-bond acceptors (Lipinski definition) is 6. The minimum atomic E-state index is -0.488. The van der Waals surface area contributed by atoms with Crippen LogP contribution in [0.2, 0.25) is 0 Å². The highest BCUT2D eigenvalue weighted by atomic mass is 79.9. The number of rotatable bonds is 9. The summed E-state index contributed by atoms with van der Waals surface area (Å²) in [6.45, 7) is 0.966. The summed E-state index contributed by atoms with van der Waals surface area (Å²) in [5.74, 6) is 0.338. The zero-order chi connectivity index (χ0) is 29.3. The first-order chi connectivity index (χ1) is 20.4. The number of amides is 3. The number of carbonyl (C=O) groups is 3. The van der Waals surface area contributed by atoms with Crippen LogP contribution in [0.15, 0.2) is 112 Å². The highest BCUT2D eigenvalue weighted by molar-refractivity contribution is 9.10. The molecule has 10 heteroatoms. The summed E-state index contributed by atoms with van der Waals surface area (Å²) in [5, 5.41) is 8.46. The van der Waals surface area contributed by atoms with Gasteiger partial charge in [0.25, 0.3) is 11.8 Å². The third-order valence-corrected chi connectivity index (χ3v) is 7.46. The Morgan fingerprint density at radius 3 is 2.36 bits per heavy atom. The number of hydrogen-bond donors (Lipinski definition) is 3. The second kappa shape index (κ2) is 13.9. The maximum absolute atomic E-state index is 13.4. The van der Waals surface area contributed by atoms with Crippen molar-refractivity contribution in [1.82, 2.24) is 5.32 Å². The molecule has 0 saturated heterocycles. The topological polar surface area (TPSA) is 106 Å². The fourth-order valence-electron chi connectivity index (χ4n) is 4.03. The first-order valence-corrected chi connectivity index (χ1v) is 14.8. The highest BCUT2D eigenvalue weighted by Gasteiger charge is 2.16. The molecule has 3 amide bonds. The Hall–Kier alpha value is -4.54. The summed E-state index contributed by atoms with van der Waals surface area (Å²) < 4.78 is 11.9. The minimum absolute atomic E-state index is 0.0822. The lowest BCUT2D eigenvalue weighted by atomic mass is 10.1.